The Morgan fingerprint density at radius 2 is 1.86 bits per heavy atom. The van der Waals surface area contributed by atoms with E-state index in [9.17, 15) is 0 Å². The fourth-order valence-corrected chi connectivity index (χ4v) is 2.22. The number of nitrogen functional groups attached to an aromatic ring is 2. The van der Waals surface area contributed by atoms with E-state index in [1.54, 1.807) is 6.26 Å². The average molecular weight is 298 g/mol. The van der Waals surface area contributed by atoms with E-state index >= 15 is 0 Å². The molecule has 7 heteroatoms. The Kier molecular flexibility index (Phi) is 4.40. The second kappa shape index (κ2) is 6.24. The molecule has 0 amide bonds. The standard InChI is InChI=1S/C14H14N6S/c1-8-3-5-9(6-4-8)19-20-12-11(16)10(7-15)14(21-2)18-13(12)17/h3-6H,1-2H3,(H4,16,17,18). The first-order valence-electron chi connectivity index (χ1n) is 6.08. The van der Waals surface area contributed by atoms with Crippen molar-refractivity contribution in [3.05, 3.63) is 35.4 Å². The molecule has 0 bridgehead atoms. The number of nitrogens with two attached hydrogens (primary N) is 2. The van der Waals surface area contributed by atoms with Crippen LogP contribution in [0.3, 0.4) is 0 Å². The molecule has 0 aliphatic rings. The summed E-state index contributed by atoms with van der Waals surface area (Å²) in [4.78, 5) is 4.13. The summed E-state index contributed by atoms with van der Waals surface area (Å²) in [5.74, 6) is 0.159. The number of benzene rings is 1. The highest BCUT2D eigenvalue weighted by atomic mass is 32.2. The fourth-order valence-electron chi connectivity index (χ4n) is 1.67. The van der Waals surface area contributed by atoms with Crippen LogP contribution in [0.5, 0.6) is 0 Å². The average Bonchev–Trinajstić information content (AvgIpc) is 2.48. The van der Waals surface area contributed by atoms with Crippen molar-refractivity contribution in [3.8, 4) is 6.07 Å². The molecule has 21 heavy (non-hydrogen) atoms. The lowest BCUT2D eigenvalue weighted by molar-refractivity contribution is 1.11. The summed E-state index contributed by atoms with van der Waals surface area (Å²) in [6.45, 7) is 1.99. The van der Waals surface area contributed by atoms with Crippen molar-refractivity contribution in [3.63, 3.8) is 0 Å². The zero-order valence-electron chi connectivity index (χ0n) is 11.7. The third-order valence-electron chi connectivity index (χ3n) is 2.81. The highest BCUT2D eigenvalue weighted by Gasteiger charge is 2.15. The van der Waals surface area contributed by atoms with E-state index in [2.05, 4.69) is 15.2 Å². The summed E-state index contributed by atoms with van der Waals surface area (Å²) < 4.78 is 0. The number of azo groups is 1. The van der Waals surface area contributed by atoms with Crippen LogP contribution in [0.4, 0.5) is 22.9 Å². The predicted octanol–water partition coefficient (Wildman–Crippen LogP) is 3.56. The van der Waals surface area contributed by atoms with Crippen LogP contribution >= 0.6 is 11.8 Å². The first kappa shape index (κ1) is 14.8. The zero-order chi connectivity index (χ0) is 15.4. The molecule has 1 heterocycles. The van der Waals surface area contributed by atoms with E-state index in [0.717, 1.165) is 5.56 Å². The van der Waals surface area contributed by atoms with Gasteiger partial charge in [-0.2, -0.15) is 10.4 Å². The van der Waals surface area contributed by atoms with Gasteiger partial charge in [0.1, 0.15) is 16.7 Å². The van der Waals surface area contributed by atoms with Gasteiger partial charge < -0.3 is 11.5 Å². The molecule has 0 spiro atoms. The lowest BCUT2D eigenvalue weighted by atomic mass is 10.2. The van der Waals surface area contributed by atoms with Crippen molar-refractivity contribution >= 4 is 34.6 Å². The van der Waals surface area contributed by atoms with E-state index in [-0.39, 0.29) is 22.8 Å². The van der Waals surface area contributed by atoms with Crippen molar-refractivity contribution in [1.82, 2.24) is 4.98 Å². The van der Waals surface area contributed by atoms with Gasteiger partial charge in [-0.05, 0) is 25.3 Å². The number of nitriles is 1. The Morgan fingerprint density at radius 1 is 1.19 bits per heavy atom. The van der Waals surface area contributed by atoms with Gasteiger partial charge in [0.15, 0.2) is 11.5 Å². The maximum atomic E-state index is 9.17. The quantitative estimate of drug-likeness (QED) is 0.664. The maximum absolute atomic E-state index is 9.17. The van der Waals surface area contributed by atoms with Gasteiger partial charge in [-0.1, -0.05) is 17.7 Å². The summed E-state index contributed by atoms with van der Waals surface area (Å²) in [5.41, 5.74) is 14.3. The van der Waals surface area contributed by atoms with Gasteiger partial charge in [0, 0.05) is 0 Å². The molecule has 1 aromatic carbocycles. The minimum Gasteiger partial charge on any atom is -0.396 e. The van der Waals surface area contributed by atoms with Gasteiger partial charge >= 0.3 is 0 Å². The van der Waals surface area contributed by atoms with Crippen LogP contribution in [0.25, 0.3) is 0 Å². The molecular formula is C14H14N6S. The number of thioether (sulfide) groups is 1. The number of pyridine rings is 1. The van der Waals surface area contributed by atoms with E-state index < -0.39 is 0 Å². The van der Waals surface area contributed by atoms with Crippen molar-refractivity contribution in [2.24, 2.45) is 10.2 Å². The van der Waals surface area contributed by atoms with Crippen LogP contribution in [0.2, 0.25) is 0 Å². The predicted molar refractivity (Wildman–Crippen MR) is 84.9 cm³/mol. The van der Waals surface area contributed by atoms with Gasteiger partial charge in [0.05, 0.1) is 11.4 Å². The van der Waals surface area contributed by atoms with Gasteiger partial charge in [-0.3, -0.25) is 0 Å². The smallest absolute Gasteiger partial charge is 0.154 e. The third-order valence-corrected chi connectivity index (χ3v) is 3.49. The van der Waals surface area contributed by atoms with Crippen LogP contribution in [-0.4, -0.2) is 11.2 Å². The summed E-state index contributed by atoms with van der Waals surface area (Å²) in [7, 11) is 0. The Bertz CT molecular complexity index is 731. The van der Waals surface area contributed by atoms with E-state index in [1.807, 2.05) is 37.3 Å². The van der Waals surface area contributed by atoms with Gasteiger partial charge in [-0.15, -0.1) is 16.9 Å². The zero-order valence-corrected chi connectivity index (χ0v) is 12.5. The lowest BCUT2D eigenvalue weighted by Crippen LogP contribution is -2.01. The molecule has 4 N–H and O–H groups in total. The maximum Gasteiger partial charge on any atom is 0.154 e. The number of aromatic nitrogens is 1. The van der Waals surface area contributed by atoms with Gasteiger partial charge in [-0.25, -0.2) is 4.98 Å². The Hall–Kier alpha value is -2.59. The molecule has 0 fully saturated rings. The van der Waals surface area contributed by atoms with Crippen LogP contribution in [-0.2, 0) is 0 Å². The second-order valence-corrected chi connectivity index (χ2v) is 5.09. The molecule has 106 valence electrons. The molecule has 0 aliphatic carbocycles. The van der Waals surface area contributed by atoms with Crippen molar-refractivity contribution in [1.29, 1.82) is 5.26 Å². The molecule has 2 rings (SSSR count). The SMILES string of the molecule is CSc1nc(N)c(N=Nc2ccc(C)cc2)c(N)c1C#N. The fraction of sp³-hybridized carbons (Fsp3) is 0.143. The van der Waals surface area contributed by atoms with E-state index in [1.165, 1.54) is 11.8 Å². The van der Waals surface area contributed by atoms with Crippen LogP contribution in [0, 0.1) is 18.3 Å². The normalized spacial score (nSPS) is 10.7. The third kappa shape index (κ3) is 3.12. The van der Waals surface area contributed by atoms with Gasteiger partial charge in [0.25, 0.3) is 0 Å². The minimum atomic E-state index is 0.159. The summed E-state index contributed by atoms with van der Waals surface area (Å²) in [5, 5.41) is 17.8. The highest BCUT2D eigenvalue weighted by molar-refractivity contribution is 7.98. The molecule has 0 atom stereocenters. The number of hydrogen-bond donors (Lipinski definition) is 2. The van der Waals surface area contributed by atoms with E-state index in [0.29, 0.717) is 10.7 Å². The molecule has 2 aromatic rings. The minimum absolute atomic E-state index is 0.159. The lowest BCUT2D eigenvalue weighted by Gasteiger charge is -2.08. The molecular weight excluding hydrogens is 284 g/mol. The number of rotatable bonds is 3. The summed E-state index contributed by atoms with van der Waals surface area (Å²) in [6, 6.07) is 9.54. The molecule has 0 radical (unpaired) electrons. The van der Waals surface area contributed by atoms with Crippen LogP contribution in [0.15, 0.2) is 39.5 Å². The van der Waals surface area contributed by atoms with Crippen LogP contribution < -0.4 is 11.5 Å². The topological polar surface area (TPSA) is 113 Å². The number of anilines is 2. The monoisotopic (exact) mass is 298 g/mol. The molecule has 6 nitrogen and oxygen atoms in total. The molecule has 0 saturated heterocycles. The summed E-state index contributed by atoms with van der Waals surface area (Å²) in [6.07, 6.45) is 1.80. The van der Waals surface area contributed by atoms with Gasteiger partial charge in [0.2, 0.25) is 0 Å². The molecule has 0 unspecified atom stereocenters. The first-order valence-corrected chi connectivity index (χ1v) is 7.30. The first-order chi connectivity index (χ1) is 10.1. The largest absolute Gasteiger partial charge is 0.396 e. The Morgan fingerprint density at radius 3 is 2.43 bits per heavy atom. The van der Waals surface area contributed by atoms with Crippen molar-refractivity contribution in [2.45, 2.75) is 11.9 Å². The Labute approximate surface area is 126 Å². The number of hydrogen-bond acceptors (Lipinski definition) is 7. The molecule has 1 aromatic heterocycles. The van der Waals surface area contributed by atoms with E-state index in [4.69, 9.17) is 16.7 Å². The second-order valence-electron chi connectivity index (χ2n) is 4.29. The Balaban J connectivity index is 2.45. The molecule has 0 aliphatic heterocycles. The highest BCUT2D eigenvalue weighted by Crippen LogP contribution is 2.36. The number of aryl methyl sites for hydroxylation is 1. The summed E-state index contributed by atoms with van der Waals surface area (Å²) >= 11 is 1.31. The van der Waals surface area contributed by atoms with Crippen molar-refractivity contribution in [2.75, 3.05) is 17.7 Å². The number of nitrogens with zero attached hydrogens (tertiary/aromatic N) is 4. The van der Waals surface area contributed by atoms with Crippen LogP contribution in [0.1, 0.15) is 11.1 Å². The molecule has 0 saturated carbocycles. The van der Waals surface area contributed by atoms with Crippen molar-refractivity contribution < 1.29 is 0 Å².